The van der Waals surface area contributed by atoms with Gasteiger partial charge in [0.05, 0.1) is 29.9 Å². The van der Waals surface area contributed by atoms with Gasteiger partial charge < -0.3 is 33.5 Å². The highest BCUT2D eigenvalue weighted by atomic mass is 16.5. The summed E-state index contributed by atoms with van der Waals surface area (Å²) in [5, 5.41) is 0. The monoisotopic (exact) mass is 1110 g/mol. The van der Waals surface area contributed by atoms with Gasteiger partial charge in [-0.3, -0.25) is 4.79 Å². The molecule has 11 nitrogen and oxygen atoms in total. The molecule has 1 amide bonds. The van der Waals surface area contributed by atoms with E-state index in [1.165, 1.54) is 161 Å². The minimum Gasteiger partial charge on any atom is -0.494 e. The quantitative estimate of drug-likeness (QED) is 0.0213. The minimum absolute atomic E-state index is 0.0912. The van der Waals surface area contributed by atoms with Gasteiger partial charge in [-0.1, -0.05) is 181 Å². The van der Waals surface area contributed by atoms with E-state index in [1.807, 2.05) is 17.0 Å². The highest BCUT2D eigenvalue weighted by Gasteiger charge is 2.23. The Morgan fingerprint density at radius 3 is 0.877 bits per heavy atom. The van der Waals surface area contributed by atoms with Crippen LogP contribution in [0.25, 0.3) is 0 Å². The summed E-state index contributed by atoms with van der Waals surface area (Å²) in [5.74, 6) is 0.912. The van der Waals surface area contributed by atoms with Gasteiger partial charge in [0.15, 0.2) is 0 Å². The van der Waals surface area contributed by atoms with Crippen molar-refractivity contribution in [3.8, 4) is 28.7 Å². The van der Waals surface area contributed by atoms with Crippen LogP contribution in [0.4, 0.5) is 5.69 Å². The summed E-state index contributed by atoms with van der Waals surface area (Å²) in [6.07, 6.45) is 36.9. The zero-order valence-corrected chi connectivity index (χ0v) is 49.2. The molecule has 0 atom stereocenters. The maximum atomic E-state index is 13.5. The van der Waals surface area contributed by atoms with E-state index in [9.17, 15) is 19.2 Å². The number of carbonyl (C=O) groups is 4. The Balaban J connectivity index is 0.798. The lowest BCUT2D eigenvalue weighted by Gasteiger charge is -2.36. The molecule has 1 fully saturated rings. The third-order valence-electron chi connectivity index (χ3n) is 15.3. The van der Waals surface area contributed by atoms with Crippen LogP contribution in [0.15, 0.2) is 121 Å². The molecule has 5 aromatic rings. The van der Waals surface area contributed by atoms with E-state index in [1.54, 1.807) is 109 Å². The Morgan fingerprint density at radius 1 is 0.309 bits per heavy atom. The molecule has 0 radical (unpaired) electrons. The number of benzene rings is 5. The van der Waals surface area contributed by atoms with E-state index in [0.29, 0.717) is 78.9 Å². The summed E-state index contributed by atoms with van der Waals surface area (Å²) < 4.78 is 28.7. The zero-order valence-electron chi connectivity index (χ0n) is 49.2. The highest BCUT2D eigenvalue weighted by Crippen LogP contribution is 2.25. The summed E-state index contributed by atoms with van der Waals surface area (Å²) in [6.45, 7) is 8.15. The van der Waals surface area contributed by atoms with Gasteiger partial charge in [-0.15, -0.1) is 0 Å². The van der Waals surface area contributed by atoms with Gasteiger partial charge in [-0.05, 0) is 134 Å². The third kappa shape index (κ3) is 24.6. The molecule has 5 aromatic carbocycles. The number of ether oxygens (including phenoxy) is 5. The molecular weight excluding hydrogens is 1010 g/mol. The Morgan fingerprint density at radius 2 is 0.568 bits per heavy atom. The van der Waals surface area contributed by atoms with Crippen molar-refractivity contribution in [1.82, 2.24) is 4.90 Å². The first-order valence-corrected chi connectivity index (χ1v) is 31.3. The van der Waals surface area contributed by atoms with E-state index in [-0.39, 0.29) is 5.91 Å². The number of anilines is 1. The van der Waals surface area contributed by atoms with Crippen molar-refractivity contribution in [2.24, 2.45) is 0 Å². The molecule has 0 N–H and O–H groups in total. The summed E-state index contributed by atoms with van der Waals surface area (Å²) in [5.41, 5.74) is 2.60. The van der Waals surface area contributed by atoms with E-state index in [0.717, 1.165) is 36.4 Å². The fourth-order valence-corrected chi connectivity index (χ4v) is 10.2. The average Bonchev–Trinajstić information content (AvgIpc) is 3.52. The first kappa shape index (κ1) is 63.6. The van der Waals surface area contributed by atoms with Crippen molar-refractivity contribution in [3.63, 3.8) is 0 Å². The van der Waals surface area contributed by atoms with Gasteiger partial charge in [0.25, 0.3) is 5.91 Å². The Kier molecular flexibility index (Phi) is 29.9. The molecule has 81 heavy (non-hydrogen) atoms. The van der Waals surface area contributed by atoms with Crippen molar-refractivity contribution >= 4 is 29.5 Å². The van der Waals surface area contributed by atoms with Crippen LogP contribution >= 0.6 is 0 Å². The van der Waals surface area contributed by atoms with Crippen LogP contribution < -0.4 is 28.6 Å². The first-order valence-electron chi connectivity index (χ1n) is 31.3. The average molecular weight is 1110 g/mol. The number of piperazine rings is 1. The van der Waals surface area contributed by atoms with E-state index < -0.39 is 17.9 Å². The van der Waals surface area contributed by atoms with Crippen LogP contribution in [-0.2, 0) is 0 Å². The molecule has 1 heterocycles. The smallest absolute Gasteiger partial charge is 0.343 e. The third-order valence-corrected chi connectivity index (χ3v) is 15.3. The topological polar surface area (TPSA) is 121 Å². The minimum atomic E-state index is -0.538. The number of rotatable bonds is 40. The highest BCUT2D eigenvalue weighted by molar-refractivity contribution is 5.95. The Bertz CT molecular complexity index is 2520. The van der Waals surface area contributed by atoms with Crippen molar-refractivity contribution < 1.29 is 42.9 Å². The van der Waals surface area contributed by atoms with E-state index in [4.69, 9.17) is 23.7 Å². The van der Waals surface area contributed by atoms with Crippen LogP contribution in [0.2, 0.25) is 0 Å². The van der Waals surface area contributed by atoms with E-state index in [2.05, 4.69) is 18.7 Å². The maximum absolute atomic E-state index is 13.5. The van der Waals surface area contributed by atoms with Crippen LogP contribution in [0.5, 0.6) is 28.7 Å². The van der Waals surface area contributed by atoms with Crippen molar-refractivity contribution in [2.45, 2.75) is 194 Å². The largest absolute Gasteiger partial charge is 0.494 e. The molecule has 11 heteroatoms. The molecule has 1 aliphatic rings. The second-order valence-electron chi connectivity index (χ2n) is 21.9. The zero-order chi connectivity index (χ0) is 57.0. The van der Waals surface area contributed by atoms with Gasteiger partial charge in [-0.2, -0.15) is 0 Å². The van der Waals surface area contributed by atoms with Crippen LogP contribution in [-0.4, -0.2) is 68.1 Å². The maximum Gasteiger partial charge on any atom is 0.343 e. The summed E-state index contributed by atoms with van der Waals surface area (Å²) in [7, 11) is 0. The van der Waals surface area contributed by atoms with Crippen LogP contribution in [0.1, 0.15) is 235 Å². The van der Waals surface area contributed by atoms with Crippen molar-refractivity contribution in [2.75, 3.05) is 44.3 Å². The molecule has 0 bridgehead atoms. The predicted octanol–water partition coefficient (Wildman–Crippen LogP) is 18.0. The van der Waals surface area contributed by atoms with E-state index >= 15 is 0 Å². The molecule has 1 aliphatic heterocycles. The molecule has 0 saturated carbocycles. The number of carbonyl (C=O) groups excluding carboxylic acids is 4. The number of nitrogens with zero attached hydrogens (tertiary/aromatic N) is 2. The lowest BCUT2D eigenvalue weighted by Crippen LogP contribution is -2.48. The summed E-state index contributed by atoms with van der Waals surface area (Å²) >= 11 is 0. The molecule has 0 unspecified atom stereocenters. The number of unbranched alkanes of at least 4 members (excludes halogenated alkanes) is 26. The molecule has 438 valence electrons. The number of hydrogen-bond acceptors (Lipinski definition) is 10. The Labute approximate surface area is 485 Å². The first-order chi connectivity index (χ1) is 39.8. The van der Waals surface area contributed by atoms with Gasteiger partial charge >= 0.3 is 17.9 Å². The van der Waals surface area contributed by atoms with Crippen molar-refractivity contribution in [1.29, 1.82) is 0 Å². The lowest BCUT2D eigenvalue weighted by molar-refractivity contribution is 0.0722. The second-order valence-corrected chi connectivity index (χ2v) is 21.9. The van der Waals surface area contributed by atoms with Gasteiger partial charge in [0.2, 0.25) is 0 Å². The molecule has 1 saturated heterocycles. The number of hydrogen-bond donors (Lipinski definition) is 0. The van der Waals surface area contributed by atoms with Gasteiger partial charge in [0.1, 0.15) is 28.7 Å². The van der Waals surface area contributed by atoms with Gasteiger partial charge in [0, 0.05) is 37.4 Å². The summed E-state index contributed by atoms with van der Waals surface area (Å²) in [6, 6.07) is 34.2. The van der Waals surface area contributed by atoms with Crippen molar-refractivity contribution in [3.05, 3.63) is 144 Å². The predicted molar refractivity (Wildman–Crippen MR) is 327 cm³/mol. The Hall–Kier alpha value is -6.62. The standard InChI is InChI=1S/C70H94N2O9/c1-3-5-7-9-11-13-15-17-19-21-23-25-27-29-55-77-62-41-33-58(34-42-62)68(74)79-64-45-31-57(32-46-64)67(73)72-53-51-71(52-54-72)61-39-49-66(50-40-61)81-70(76)60-37-47-65(48-38-60)80-69(75)59-35-43-63(44-36-59)78-56-30-28-26-24-22-20-18-16-14-12-10-8-6-4-2/h31-50H,3-30,51-56H2,1-2H3. The normalized spacial score (nSPS) is 12.3. The molecular formula is C70H94N2O9. The number of esters is 3. The fraction of sp³-hybridized carbons (Fsp3) is 0.514. The SMILES string of the molecule is CCCCCCCCCCCCCCCCOc1ccc(C(=O)Oc2ccc(C(=O)Oc3ccc(N4CCN(C(=O)c5ccc(OC(=O)c6ccc(OCCCCCCCCCCCCCCCC)cc6)cc5)CC4)cc3)cc2)cc1. The molecule has 0 aliphatic carbocycles. The second kappa shape index (κ2) is 38.2. The van der Waals surface area contributed by atoms with Gasteiger partial charge in [-0.25, -0.2) is 14.4 Å². The molecule has 0 aromatic heterocycles. The lowest BCUT2D eigenvalue weighted by atomic mass is 10.0. The molecule has 6 rings (SSSR count). The molecule has 0 spiro atoms. The van der Waals surface area contributed by atoms with Crippen LogP contribution in [0.3, 0.4) is 0 Å². The fourth-order valence-electron chi connectivity index (χ4n) is 10.2. The van der Waals surface area contributed by atoms with Crippen LogP contribution in [0, 0.1) is 0 Å². The number of amides is 1. The summed E-state index contributed by atoms with van der Waals surface area (Å²) in [4.78, 5) is 56.3.